The van der Waals surface area contributed by atoms with E-state index >= 15 is 0 Å². The summed E-state index contributed by atoms with van der Waals surface area (Å²) in [6.45, 7) is 5.28. The van der Waals surface area contributed by atoms with Crippen molar-refractivity contribution in [2.45, 2.75) is 30.9 Å². The van der Waals surface area contributed by atoms with Crippen molar-refractivity contribution < 1.29 is 12.8 Å². The summed E-state index contributed by atoms with van der Waals surface area (Å²) in [6.07, 6.45) is 0. The van der Waals surface area contributed by atoms with Gasteiger partial charge in [0.25, 0.3) is 0 Å². The summed E-state index contributed by atoms with van der Waals surface area (Å²) >= 11 is 0. The van der Waals surface area contributed by atoms with Crippen molar-refractivity contribution in [1.82, 2.24) is 0 Å². The topological polar surface area (TPSA) is 60.2 Å². The van der Waals surface area contributed by atoms with Gasteiger partial charge in [0.2, 0.25) is 0 Å². The first-order chi connectivity index (χ1) is 7.80. The van der Waals surface area contributed by atoms with Gasteiger partial charge in [0.1, 0.15) is 5.82 Å². The summed E-state index contributed by atoms with van der Waals surface area (Å²) in [7, 11) is -3.49. The molecule has 0 bridgehead atoms. The lowest BCUT2D eigenvalue weighted by atomic mass is 10.1. The maximum Gasteiger partial charge on any atom is 0.182 e. The normalized spacial score (nSPS) is 14.0. The van der Waals surface area contributed by atoms with E-state index in [1.165, 1.54) is 12.1 Å². The lowest BCUT2D eigenvalue weighted by Crippen LogP contribution is -2.34. The number of halogens is 1. The second kappa shape index (κ2) is 5.14. The van der Waals surface area contributed by atoms with E-state index in [2.05, 4.69) is 0 Å². The second-order valence-corrected chi connectivity index (χ2v) is 6.61. The average molecular weight is 259 g/mol. The zero-order valence-corrected chi connectivity index (χ0v) is 11.1. The molecule has 0 aliphatic rings. The third-order valence-corrected chi connectivity index (χ3v) is 5.42. The Bertz CT molecular complexity index is 497. The molecule has 0 aliphatic heterocycles. The van der Waals surface area contributed by atoms with Crippen LogP contribution >= 0.6 is 0 Å². The minimum Gasteiger partial charge on any atom is -0.329 e. The fourth-order valence-electron chi connectivity index (χ4n) is 1.85. The molecule has 0 aromatic heterocycles. The molecule has 17 heavy (non-hydrogen) atoms. The molecular formula is C12H18FNO2S. The standard InChI is InChI=1S/C12H18FNO2S/c1-8(2)12(7-14)17(15,16)11-5-4-10(13)6-9(11)3/h4-6,8,12H,7,14H2,1-3H3. The van der Waals surface area contributed by atoms with Crippen LogP contribution in [0.2, 0.25) is 0 Å². The minimum absolute atomic E-state index is 0.0663. The first kappa shape index (κ1) is 14.1. The lowest BCUT2D eigenvalue weighted by Gasteiger charge is -2.20. The number of hydrogen-bond acceptors (Lipinski definition) is 3. The Labute approximate surface area is 102 Å². The van der Waals surface area contributed by atoms with Crippen LogP contribution in [-0.4, -0.2) is 20.2 Å². The predicted octanol–water partition coefficient (Wildman–Crippen LogP) is 1.89. The Morgan fingerprint density at radius 1 is 1.35 bits per heavy atom. The van der Waals surface area contributed by atoms with E-state index in [0.29, 0.717) is 5.56 Å². The van der Waals surface area contributed by atoms with Crippen LogP contribution in [0.25, 0.3) is 0 Å². The smallest absolute Gasteiger partial charge is 0.182 e. The molecule has 1 unspecified atom stereocenters. The highest BCUT2D eigenvalue weighted by atomic mass is 32.2. The fourth-order valence-corrected chi connectivity index (χ4v) is 3.91. The van der Waals surface area contributed by atoms with Crippen LogP contribution in [0.3, 0.4) is 0 Å². The van der Waals surface area contributed by atoms with E-state index in [-0.39, 0.29) is 17.4 Å². The molecule has 0 fully saturated rings. The van der Waals surface area contributed by atoms with Crippen LogP contribution in [0, 0.1) is 18.7 Å². The first-order valence-electron chi connectivity index (χ1n) is 5.50. The summed E-state index contributed by atoms with van der Waals surface area (Å²) in [5, 5.41) is -0.633. The highest BCUT2D eigenvalue weighted by Gasteiger charge is 2.30. The van der Waals surface area contributed by atoms with Crippen molar-refractivity contribution in [3.8, 4) is 0 Å². The molecule has 0 amide bonds. The van der Waals surface area contributed by atoms with Gasteiger partial charge in [-0.15, -0.1) is 0 Å². The minimum atomic E-state index is -3.49. The van der Waals surface area contributed by atoms with E-state index in [9.17, 15) is 12.8 Å². The van der Waals surface area contributed by atoms with Crippen LogP contribution in [0.5, 0.6) is 0 Å². The molecule has 0 heterocycles. The molecule has 0 saturated carbocycles. The van der Waals surface area contributed by atoms with Crippen LogP contribution < -0.4 is 5.73 Å². The monoisotopic (exact) mass is 259 g/mol. The number of sulfone groups is 1. The molecule has 1 aromatic carbocycles. The highest BCUT2D eigenvalue weighted by Crippen LogP contribution is 2.24. The molecule has 96 valence electrons. The van der Waals surface area contributed by atoms with E-state index in [1.807, 2.05) is 13.8 Å². The highest BCUT2D eigenvalue weighted by molar-refractivity contribution is 7.92. The van der Waals surface area contributed by atoms with Gasteiger partial charge in [0.05, 0.1) is 10.1 Å². The Kier molecular flexibility index (Phi) is 4.27. The van der Waals surface area contributed by atoms with Crippen molar-refractivity contribution in [2.24, 2.45) is 11.7 Å². The van der Waals surface area contributed by atoms with Gasteiger partial charge in [0.15, 0.2) is 9.84 Å². The van der Waals surface area contributed by atoms with Crippen LogP contribution in [0.1, 0.15) is 19.4 Å². The quantitative estimate of drug-likeness (QED) is 0.840. The van der Waals surface area contributed by atoms with Gasteiger partial charge in [0, 0.05) is 6.54 Å². The number of benzene rings is 1. The van der Waals surface area contributed by atoms with E-state index < -0.39 is 20.9 Å². The second-order valence-electron chi connectivity index (χ2n) is 4.47. The van der Waals surface area contributed by atoms with Gasteiger partial charge < -0.3 is 5.73 Å². The zero-order chi connectivity index (χ0) is 13.2. The van der Waals surface area contributed by atoms with E-state index in [4.69, 9.17) is 5.73 Å². The SMILES string of the molecule is Cc1cc(F)ccc1S(=O)(=O)C(CN)C(C)C. The molecule has 0 saturated heterocycles. The predicted molar refractivity (Wildman–Crippen MR) is 66.0 cm³/mol. The summed E-state index contributed by atoms with van der Waals surface area (Å²) in [4.78, 5) is 0.169. The van der Waals surface area contributed by atoms with Gasteiger partial charge in [-0.05, 0) is 36.6 Å². The Morgan fingerprint density at radius 3 is 2.35 bits per heavy atom. The van der Waals surface area contributed by atoms with Crippen LogP contribution in [-0.2, 0) is 9.84 Å². The molecule has 2 N–H and O–H groups in total. The van der Waals surface area contributed by atoms with E-state index in [0.717, 1.165) is 6.07 Å². The Hall–Kier alpha value is -0.940. The maximum atomic E-state index is 13.0. The number of nitrogens with two attached hydrogens (primary N) is 1. The van der Waals surface area contributed by atoms with Crippen molar-refractivity contribution in [1.29, 1.82) is 0 Å². The summed E-state index contributed by atoms with van der Waals surface area (Å²) < 4.78 is 37.6. The van der Waals surface area contributed by atoms with Crippen molar-refractivity contribution in [2.75, 3.05) is 6.54 Å². The Balaban J connectivity index is 3.30. The van der Waals surface area contributed by atoms with Crippen molar-refractivity contribution >= 4 is 9.84 Å². The molecule has 1 aromatic rings. The average Bonchev–Trinajstić information content (AvgIpc) is 2.16. The van der Waals surface area contributed by atoms with Crippen molar-refractivity contribution in [3.63, 3.8) is 0 Å². The molecule has 1 rings (SSSR count). The van der Waals surface area contributed by atoms with Gasteiger partial charge >= 0.3 is 0 Å². The lowest BCUT2D eigenvalue weighted by molar-refractivity contribution is 0.532. The summed E-state index contributed by atoms with van der Waals surface area (Å²) in [5.41, 5.74) is 5.94. The number of rotatable bonds is 4. The van der Waals surface area contributed by atoms with Gasteiger partial charge in [-0.3, -0.25) is 0 Å². The summed E-state index contributed by atoms with van der Waals surface area (Å²) in [5.74, 6) is -0.509. The van der Waals surface area contributed by atoms with Gasteiger partial charge in [-0.25, -0.2) is 12.8 Å². The van der Waals surface area contributed by atoms with Crippen molar-refractivity contribution in [3.05, 3.63) is 29.6 Å². The largest absolute Gasteiger partial charge is 0.329 e. The van der Waals surface area contributed by atoms with E-state index in [1.54, 1.807) is 6.92 Å². The Morgan fingerprint density at radius 2 is 1.94 bits per heavy atom. The first-order valence-corrected chi connectivity index (χ1v) is 7.05. The third kappa shape index (κ3) is 2.84. The fraction of sp³-hybridized carbons (Fsp3) is 0.500. The third-order valence-electron chi connectivity index (χ3n) is 2.82. The molecule has 0 spiro atoms. The summed E-state index contributed by atoms with van der Waals surface area (Å²) in [6, 6.07) is 3.69. The molecule has 1 atom stereocenters. The molecule has 0 aliphatic carbocycles. The molecular weight excluding hydrogens is 241 g/mol. The molecule has 3 nitrogen and oxygen atoms in total. The molecule has 5 heteroatoms. The van der Waals surface area contributed by atoms with Gasteiger partial charge in [-0.1, -0.05) is 13.8 Å². The maximum absolute atomic E-state index is 13.0. The van der Waals surface area contributed by atoms with Crippen LogP contribution in [0.15, 0.2) is 23.1 Å². The number of aryl methyl sites for hydroxylation is 1. The zero-order valence-electron chi connectivity index (χ0n) is 10.3. The number of hydrogen-bond donors (Lipinski definition) is 1. The molecule has 0 radical (unpaired) electrons. The van der Waals surface area contributed by atoms with Crippen LogP contribution in [0.4, 0.5) is 4.39 Å². The van der Waals surface area contributed by atoms with Gasteiger partial charge in [-0.2, -0.15) is 0 Å².